The zero-order chi connectivity index (χ0) is 8.65. The van der Waals surface area contributed by atoms with Gasteiger partial charge < -0.3 is 9.31 Å². The van der Waals surface area contributed by atoms with Crippen molar-refractivity contribution in [3.05, 3.63) is 12.1 Å². The van der Waals surface area contributed by atoms with Crippen molar-refractivity contribution in [2.24, 2.45) is 0 Å². The summed E-state index contributed by atoms with van der Waals surface area (Å²) in [7, 11) is -0.117. The highest BCUT2D eigenvalue weighted by Crippen LogP contribution is 2.03. The minimum atomic E-state index is -0.117. The fraction of sp³-hybridized carbons (Fsp3) is 0.750. The third-order valence-corrected chi connectivity index (χ3v) is 1.92. The average molecular weight is 188 g/mol. The first-order valence-corrected chi connectivity index (χ1v) is 4.93. The molecule has 0 unspecified atom stereocenters. The van der Waals surface area contributed by atoms with Crippen LogP contribution >= 0.6 is 11.6 Å². The molecular weight excluding hydrogens is 174 g/mol. The largest absolute Gasteiger partial charge is 0.485 e. The predicted molar refractivity (Wildman–Crippen MR) is 51.4 cm³/mol. The van der Waals surface area contributed by atoms with Crippen molar-refractivity contribution in [1.82, 2.24) is 0 Å². The van der Waals surface area contributed by atoms with Crippen molar-refractivity contribution in [2.45, 2.75) is 19.3 Å². The summed E-state index contributed by atoms with van der Waals surface area (Å²) in [5.41, 5.74) is 0. The van der Waals surface area contributed by atoms with Crippen molar-refractivity contribution >= 4 is 18.7 Å². The first-order chi connectivity index (χ1) is 5.93. The molecule has 0 aromatic rings. The van der Waals surface area contributed by atoms with E-state index in [4.69, 9.17) is 20.9 Å². The Bertz CT molecular complexity index is 135. The molecule has 0 radical (unpaired) electrons. The SMILES string of the molecule is ClCCC/C=C/B1OCCCO1. The maximum Gasteiger partial charge on any atom is 0.485 e. The number of hydrogen-bond donors (Lipinski definition) is 0. The van der Waals surface area contributed by atoms with Gasteiger partial charge in [-0.3, -0.25) is 0 Å². The zero-order valence-corrected chi connectivity index (χ0v) is 7.93. The molecule has 12 heavy (non-hydrogen) atoms. The summed E-state index contributed by atoms with van der Waals surface area (Å²) in [6, 6.07) is 0. The first-order valence-electron chi connectivity index (χ1n) is 4.39. The van der Waals surface area contributed by atoms with Crippen LogP contribution in [0.1, 0.15) is 19.3 Å². The average Bonchev–Trinajstić information content (AvgIpc) is 2.14. The Balaban J connectivity index is 2.07. The Morgan fingerprint density at radius 3 is 2.75 bits per heavy atom. The van der Waals surface area contributed by atoms with E-state index < -0.39 is 0 Å². The highest BCUT2D eigenvalue weighted by Gasteiger charge is 2.17. The second kappa shape index (κ2) is 6.52. The zero-order valence-electron chi connectivity index (χ0n) is 7.17. The Hall–Kier alpha value is 0.0149. The molecule has 1 heterocycles. The van der Waals surface area contributed by atoms with E-state index in [9.17, 15) is 0 Å². The Labute approximate surface area is 79.0 Å². The number of rotatable bonds is 4. The molecule has 0 atom stereocenters. The Morgan fingerprint density at radius 2 is 2.08 bits per heavy atom. The van der Waals surface area contributed by atoms with Crippen LogP contribution in [0.4, 0.5) is 0 Å². The second-order valence-corrected chi connectivity index (χ2v) is 3.10. The minimum Gasteiger partial charge on any atom is -0.408 e. The normalized spacial score (nSPS) is 18.9. The summed E-state index contributed by atoms with van der Waals surface area (Å²) in [4.78, 5) is 0. The molecule has 0 bridgehead atoms. The lowest BCUT2D eigenvalue weighted by Gasteiger charge is -2.16. The van der Waals surface area contributed by atoms with Gasteiger partial charge >= 0.3 is 7.12 Å². The van der Waals surface area contributed by atoms with Crippen LogP contribution in [0.5, 0.6) is 0 Å². The predicted octanol–water partition coefficient (Wildman–Crippen LogP) is 2.03. The van der Waals surface area contributed by atoms with E-state index in [1.54, 1.807) is 0 Å². The molecule has 1 rings (SSSR count). The van der Waals surface area contributed by atoms with Gasteiger partial charge in [0.25, 0.3) is 0 Å². The molecule has 0 amide bonds. The van der Waals surface area contributed by atoms with Crippen LogP contribution in [0.15, 0.2) is 12.1 Å². The standard InChI is InChI=1S/C8H14BClO2/c10-6-3-1-2-5-9-11-7-4-8-12-9/h2,5H,1,3-4,6-8H2/b5-2+. The van der Waals surface area contributed by atoms with Gasteiger partial charge in [0.05, 0.1) is 0 Å². The molecule has 1 aliphatic heterocycles. The highest BCUT2D eigenvalue weighted by molar-refractivity contribution is 6.50. The lowest BCUT2D eigenvalue weighted by molar-refractivity contribution is 0.142. The van der Waals surface area contributed by atoms with Gasteiger partial charge in [0.15, 0.2) is 0 Å². The summed E-state index contributed by atoms with van der Waals surface area (Å²) in [5, 5.41) is 0. The van der Waals surface area contributed by atoms with E-state index in [0.29, 0.717) is 0 Å². The first kappa shape index (κ1) is 10.1. The highest BCUT2D eigenvalue weighted by atomic mass is 35.5. The molecule has 2 nitrogen and oxygen atoms in total. The number of hydrogen-bond acceptors (Lipinski definition) is 2. The van der Waals surface area contributed by atoms with Gasteiger partial charge in [0.2, 0.25) is 0 Å². The fourth-order valence-corrected chi connectivity index (χ4v) is 1.17. The van der Waals surface area contributed by atoms with Gasteiger partial charge in [-0.25, -0.2) is 0 Å². The van der Waals surface area contributed by atoms with Crippen molar-refractivity contribution in [2.75, 3.05) is 19.1 Å². The van der Waals surface area contributed by atoms with Crippen LogP contribution in [0, 0.1) is 0 Å². The molecule has 0 aromatic heterocycles. The summed E-state index contributed by atoms with van der Waals surface area (Å²) in [6.45, 7) is 1.62. The van der Waals surface area contributed by atoms with Gasteiger partial charge in [-0.05, 0) is 19.3 Å². The maximum atomic E-state index is 5.53. The third-order valence-electron chi connectivity index (χ3n) is 1.65. The topological polar surface area (TPSA) is 18.5 Å². The number of allylic oxidation sites excluding steroid dienone is 1. The molecule has 1 saturated heterocycles. The van der Waals surface area contributed by atoms with Gasteiger partial charge in [-0.2, -0.15) is 0 Å². The smallest absolute Gasteiger partial charge is 0.408 e. The van der Waals surface area contributed by atoms with Crippen LogP contribution in [0.3, 0.4) is 0 Å². The van der Waals surface area contributed by atoms with Gasteiger partial charge in [0, 0.05) is 19.1 Å². The van der Waals surface area contributed by atoms with E-state index in [1.165, 1.54) is 0 Å². The van der Waals surface area contributed by atoms with Crippen LogP contribution in [0.2, 0.25) is 0 Å². The number of halogens is 1. The molecule has 1 fully saturated rings. The van der Waals surface area contributed by atoms with Gasteiger partial charge in [0.1, 0.15) is 0 Å². The van der Waals surface area contributed by atoms with E-state index in [1.807, 2.05) is 5.98 Å². The van der Waals surface area contributed by atoms with Crippen LogP contribution in [-0.4, -0.2) is 26.2 Å². The second-order valence-electron chi connectivity index (χ2n) is 2.72. The van der Waals surface area contributed by atoms with E-state index in [0.717, 1.165) is 38.4 Å². The summed E-state index contributed by atoms with van der Waals surface area (Å²) in [6.07, 6.45) is 5.10. The summed E-state index contributed by atoms with van der Waals surface area (Å²) < 4.78 is 10.6. The van der Waals surface area contributed by atoms with Crippen molar-refractivity contribution in [3.8, 4) is 0 Å². The van der Waals surface area contributed by atoms with Crippen molar-refractivity contribution in [1.29, 1.82) is 0 Å². The molecule has 0 spiro atoms. The van der Waals surface area contributed by atoms with Crippen LogP contribution < -0.4 is 0 Å². The lowest BCUT2D eigenvalue weighted by Crippen LogP contribution is -2.27. The molecule has 0 aliphatic carbocycles. The maximum absolute atomic E-state index is 5.53. The molecular formula is C8H14BClO2. The molecule has 0 saturated carbocycles. The van der Waals surface area contributed by atoms with E-state index in [2.05, 4.69) is 6.08 Å². The van der Waals surface area contributed by atoms with Gasteiger partial charge in [-0.1, -0.05) is 12.1 Å². The minimum absolute atomic E-state index is 0.117. The monoisotopic (exact) mass is 188 g/mol. The van der Waals surface area contributed by atoms with Crippen LogP contribution in [-0.2, 0) is 9.31 Å². The van der Waals surface area contributed by atoms with Gasteiger partial charge in [-0.15, -0.1) is 11.6 Å². The van der Waals surface area contributed by atoms with E-state index in [-0.39, 0.29) is 7.12 Å². The number of alkyl halides is 1. The lowest BCUT2D eigenvalue weighted by atomic mass is 9.88. The Kier molecular flexibility index (Phi) is 5.49. The van der Waals surface area contributed by atoms with Crippen molar-refractivity contribution in [3.63, 3.8) is 0 Å². The van der Waals surface area contributed by atoms with E-state index >= 15 is 0 Å². The summed E-state index contributed by atoms with van der Waals surface area (Å²) >= 11 is 5.53. The molecule has 4 heteroatoms. The third kappa shape index (κ3) is 4.14. The molecule has 68 valence electrons. The Morgan fingerprint density at radius 1 is 1.33 bits per heavy atom. The van der Waals surface area contributed by atoms with Crippen LogP contribution in [0.25, 0.3) is 0 Å². The summed E-state index contributed by atoms with van der Waals surface area (Å²) in [5.74, 6) is 2.68. The molecule has 0 aromatic carbocycles. The fourth-order valence-electron chi connectivity index (χ4n) is 1.02. The number of unbranched alkanes of at least 4 members (excludes halogenated alkanes) is 1. The van der Waals surface area contributed by atoms with Crippen molar-refractivity contribution < 1.29 is 9.31 Å². The molecule has 1 aliphatic rings. The quantitative estimate of drug-likeness (QED) is 0.382. The molecule has 0 N–H and O–H groups in total.